The molecule has 1 saturated carbocycles. The fourth-order valence-electron chi connectivity index (χ4n) is 1.72. The van der Waals surface area contributed by atoms with Crippen LogP contribution in [0.15, 0.2) is 4.99 Å². The Bertz CT molecular complexity index is 229. The summed E-state index contributed by atoms with van der Waals surface area (Å²) in [6.45, 7) is 9.71. The zero-order valence-corrected chi connectivity index (χ0v) is 10.5. The maximum Gasteiger partial charge on any atom is 0.188 e. The highest BCUT2D eigenvalue weighted by atomic mass is 15.1. The van der Waals surface area contributed by atoms with Gasteiger partial charge in [-0.2, -0.15) is 0 Å². The zero-order chi connectivity index (χ0) is 11.5. The molecule has 1 rings (SSSR count). The molecule has 3 N–H and O–H groups in total. The number of nitrogens with two attached hydrogens (primary N) is 1. The van der Waals surface area contributed by atoms with Crippen LogP contribution >= 0.6 is 0 Å². The SMILES string of the molecule is CCC(C)NC(N)=NCC1(C(C)C)CC1. The number of hydrogen-bond acceptors (Lipinski definition) is 1. The van der Waals surface area contributed by atoms with Crippen molar-refractivity contribution in [1.29, 1.82) is 0 Å². The van der Waals surface area contributed by atoms with Gasteiger partial charge in [0.15, 0.2) is 5.96 Å². The smallest absolute Gasteiger partial charge is 0.188 e. The summed E-state index contributed by atoms with van der Waals surface area (Å²) in [7, 11) is 0. The predicted octanol–water partition coefficient (Wildman–Crippen LogP) is 2.13. The van der Waals surface area contributed by atoms with Crippen molar-refractivity contribution in [3.63, 3.8) is 0 Å². The van der Waals surface area contributed by atoms with Crippen molar-refractivity contribution in [1.82, 2.24) is 5.32 Å². The van der Waals surface area contributed by atoms with Gasteiger partial charge < -0.3 is 11.1 Å². The highest BCUT2D eigenvalue weighted by Gasteiger charge is 2.45. The summed E-state index contributed by atoms with van der Waals surface area (Å²) in [5.74, 6) is 1.33. The second-order valence-electron chi connectivity index (χ2n) is 5.17. The number of hydrogen-bond donors (Lipinski definition) is 2. The Hall–Kier alpha value is -0.730. The molecular formula is C12H25N3. The van der Waals surface area contributed by atoms with Crippen molar-refractivity contribution in [3.8, 4) is 0 Å². The minimum Gasteiger partial charge on any atom is -0.370 e. The Morgan fingerprint density at radius 2 is 2.00 bits per heavy atom. The predicted molar refractivity (Wildman–Crippen MR) is 65.9 cm³/mol. The maximum atomic E-state index is 5.82. The van der Waals surface area contributed by atoms with Crippen LogP contribution in [-0.2, 0) is 0 Å². The van der Waals surface area contributed by atoms with Gasteiger partial charge in [-0.3, -0.25) is 4.99 Å². The third kappa shape index (κ3) is 3.40. The second kappa shape index (κ2) is 4.86. The van der Waals surface area contributed by atoms with Crippen LogP contribution in [0.4, 0.5) is 0 Å². The first-order chi connectivity index (χ1) is 7.00. The topological polar surface area (TPSA) is 50.4 Å². The zero-order valence-electron chi connectivity index (χ0n) is 10.5. The molecular weight excluding hydrogens is 186 g/mol. The average Bonchev–Trinajstić information content (AvgIpc) is 2.95. The third-order valence-electron chi connectivity index (χ3n) is 3.69. The van der Waals surface area contributed by atoms with Crippen molar-refractivity contribution in [3.05, 3.63) is 0 Å². The van der Waals surface area contributed by atoms with Crippen molar-refractivity contribution in [2.45, 2.75) is 53.0 Å². The normalized spacial score (nSPS) is 21.5. The molecule has 1 unspecified atom stereocenters. The quantitative estimate of drug-likeness (QED) is 0.540. The van der Waals surface area contributed by atoms with E-state index in [2.05, 4.69) is 38.0 Å². The molecule has 1 aliphatic carbocycles. The van der Waals surface area contributed by atoms with Gasteiger partial charge in [0.2, 0.25) is 0 Å². The van der Waals surface area contributed by atoms with Crippen LogP contribution in [0.5, 0.6) is 0 Å². The molecule has 0 bridgehead atoms. The molecule has 0 aromatic rings. The van der Waals surface area contributed by atoms with Gasteiger partial charge in [0.25, 0.3) is 0 Å². The number of rotatable bonds is 5. The van der Waals surface area contributed by atoms with Gasteiger partial charge in [-0.1, -0.05) is 20.8 Å². The molecule has 88 valence electrons. The second-order valence-corrected chi connectivity index (χ2v) is 5.17. The summed E-state index contributed by atoms with van der Waals surface area (Å²) in [6.07, 6.45) is 3.70. The lowest BCUT2D eigenvalue weighted by molar-refractivity contribution is 0.370. The van der Waals surface area contributed by atoms with E-state index in [0.717, 1.165) is 18.9 Å². The van der Waals surface area contributed by atoms with Gasteiger partial charge in [0.1, 0.15) is 0 Å². The molecule has 1 aliphatic rings. The first kappa shape index (κ1) is 12.3. The standard InChI is InChI=1S/C12H25N3/c1-5-10(4)15-11(13)14-8-12(6-7-12)9(2)3/h9-10H,5-8H2,1-4H3,(H3,13,14,15). The van der Waals surface area contributed by atoms with Crippen LogP contribution < -0.4 is 11.1 Å². The number of nitrogens with one attached hydrogen (secondary N) is 1. The van der Waals surface area contributed by atoms with Crippen LogP contribution in [0.3, 0.4) is 0 Å². The Labute approximate surface area is 93.5 Å². The number of guanidine groups is 1. The van der Waals surface area contributed by atoms with Crippen LogP contribution in [0.2, 0.25) is 0 Å². The van der Waals surface area contributed by atoms with E-state index in [9.17, 15) is 0 Å². The first-order valence-corrected chi connectivity index (χ1v) is 6.06. The van der Waals surface area contributed by atoms with Gasteiger partial charge in [0, 0.05) is 12.6 Å². The van der Waals surface area contributed by atoms with E-state index in [4.69, 9.17) is 5.73 Å². The Kier molecular flexibility index (Phi) is 4.00. The van der Waals surface area contributed by atoms with E-state index in [1.54, 1.807) is 0 Å². The van der Waals surface area contributed by atoms with Gasteiger partial charge >= 0.3 is 0 Å². The third-order valence-corrected chi connectivity index (χ3v) is 3.69. The molecule has 15 heavy (non-hydrogen) atoms. The molecule has 0 aliphatic heterocycles. The minimum absolute atomic E-state index is 0.419. The van der Waals surface area contributed by atoms with Gasteiger partial charge in [-0.05, 0) is 37.5 Å². The van der Waals surface area contributed by atoms with Gasteiger partial charge in [-0.15, -0.1) is 0 Å². The fourth-order valence-corrected chi connectivity index (χ4v) is 1.72. The summed E-state index contributed by atoms with van der Waals surface area (Å²) in [5.41, 5.74) is 6.28. The first-order valence-electron chi connectivity index (χ1n) is 6.06. The van der Waals surface area contributed by atoms with Gasteiger partial charge in [0.05, 0.1) is 0 Å². The molecule has 0 radical (unpaired) electrons. The molecule has 3 heteroatoms. The minimum atomic E-state index is 0.419. The summed E-state index contributed by atoms with van der Waals surface area (Å²) in [5, 5.41) is 3.20. The van der Waals surface area contributed by atoms with Crippen LogP contribution in [0, 0.1) is 11.3 Å². The summed E-state index contributed by atoms with van der Waals surface area (Å²) < 4.78 is 0. The Balaban J connectivity index is 2.37. The summed E-state index contributed by atoms with van der Waals surface area (Å²) in [6, 6.07) is 0.419. The van der Waals surface area contributed by atoms with Crippen LogP contribution in [0.1, 0.15) is 47.0 Å². The van der Waals surface area contributed by atoms with E-state index in [1.165, 1.54) is 12.8 Å². The average molecular weight is 211 g/mol. The molecule has 0 amide bonds. The van der Waals surface area contributed by atoms with E-state index in [-0.39, 0.29) is 0 Å². The van der Waals surface area contributed by atoms with E-state index in [0.29, 0.717) is 17.4 Å². The lowest BCUT2D eigenvalue weighted by Gasteiger charge is -2.18. The molecule has 1 fully saturated rings. The van der Waals surface area contributed by atoms with E-state index < -0.39 is 0 Å². The molecule has 3 nitrogen and oxygen atoms in total. The lowest BCUT2D eigenvalue weighted by atomic mass is 9.93. The largest absolute Gasteiger partial charge is 0.370 e. The molecule has 0 aromatic carbocycles. The van der Waals surface area contributed by atoms with Crippen molar-refractivity contribution < 1.29 is 0 Å². The van der Waals surface area contributed by atoms with Crippen molar-refractivity contribution in [2.24, 2.45) is 22.1 Å². The Morgan fingerprint density at radius 3 is 2.40 bits per heavy atom. The molecule has 0 spiro atoms. The molecule has 0 saturated heterocycles. The van der Waals surface area contributed by atoms with Crippen molar-refractivity contribution in [2.75, 3.05) is 6.54 Å². The maximum absolute atomic E-state index is 5.82. The van der Waals surface area contributed by atoms with Crippen LogP contribution in [-0.4, -0.2) is 18.5 Å². The summed E-state index contributed by atoms with van der Waals surface area (Å²) in [4.78, 5) is 4.45. The fraction of sp³-hybridized carbons (Fsp3) is 0.917. The van der Waals surface area contributed by atoms with Gasteiger partial charge in [-0.25, -0.2) is 0 Å². The number of nitrogens with zero attached hydrogens (tertiary/aromatic N) is 1. The Morgan fingerprint density at radius 1 is 1.40 bits per heavy atom. The lowest BCUT2D eigenvalue weighted by Crippen LogP contribution is -2.38. The molecule has 1 atom stereocenters. The van der Waals surface area contributed by atoms with E-state index in [1.807, 2.05) is 0 Å². The van der Waals surface area contributed by atoms with Crippen molar-refractivity contribution >= 4 is 5.96 Å². The molecule has 0 aromatic heterocycles. The highest BCUT2D eigenvalue weighted by molar-refractivity contribution is 5.78. The van der Waals surface area contributed by atoms with E-state index >= 15 is 0 Å². The highest BCUT2D eigenvalue weighted by Crippen LogP contribution is 2.51. The monoisotopic (exact) mass is 211 g/mol. The number of aliphatic imine (C=N–C) groups is 1. The summed E-state index contributed by atoms with van der Waals surface area (Å²) >= 11 is 0. The molecule has 0 heterocycles. The van der Waals surface area contributed by atoms with Crippen LogP contribution in [0.25, 0.3) is 0 Å².